The van der Waals surface area contributed by atoms with E-state index in [4.69, 9.17) is 0 Å². The van der Waals surface area contributed by atoms with E-state index < -0.39 is 17.8 Å². The Kier molecular flexibility index (Phi) is 4.14. The smallest absolute Gasteiger partial charge is 0.315 e. The molecule has 6 heteroatoms. The molecule has 0 fully saturated rings. The van der Waals surface area contributed by atoms with Crippen LogP contribution < -0.4 is 10.6 Å². The van der Waals surface area contributed by atoms with Crippen LogP contribution in [0.5, 0.6) is 0 Å². The zero-order chi connectivity index (χ0) is 12.9. The van der Waals surface area contributed by atoms with Crippen LogP contribution in [-0.4, -0.2) is 6.03 Å². The van der Waals surface area contributed by atoms with Crippen LogP contribution in [-0.2, 0) is 6.18 Å². The van der Waals surface area contributed by atoms with Crippen molar-refractivity contribution >= 4 is 11.7 Å². The molecule has 3 nitrogen and oxygen atoms in total. The molecule has 0 spiro atoms. The number of amides is 2. The molecular formula is C11H11F3N2O. The van der Waals surface area contributed by atoms with Gasteiger partial charge in [-0.2, -0.15) is 13.2 Å². The van der Waals surface area contributed by atoms with Crippen molar-refractivity contribution in [2.45, 2.75) is 13.1 Å². The molecule has 0 saturated heterocycles. The first-order chi connectivity index (χ1) is 7.95. The number of anilines is 1. The summed E-state index contributed by atoms with van der Waals surface area (Å²) in [5, 5.41) is 4.39. The second-order valence-corrected chi connectivity index (χ2v) is 3.14. The Hall–Kier alpha value is -1.98. The third-order valence-corrected chi connectivity index (χ3v) is 1.86. The summed E-state index contributed by atoms with van der Waals surface area (Å²) in [7, 11) is 0. The molecular weight excluding hydrogens is 233 g/mol. The largest absolute Gasteiger partial charge is 0.418 e. The standard InChI is InChI=1S/C11H11F3N2O/c1-2-7-15-10(17)16-9-6-4-3-5-8(9)11(12,13)14/h2-7H,1H3,(H2,15,16,17)/b7-2+. The van der Waals surface area contributed by atoms with Gasteiger partial charge in [-0.3, -0.25) is 0 Å². The molecule has 0 aromatic heterocycles. The highest BCUT2D eigenvalue weighted by Crippen LogP contribution is 2.34. The minimum Gasteiger partial charge on any atom is -0.315 e. The monoisotopic (exact) mass is 244 g/mol. The Balaban J connectivity index is 2.88. The summed E-state index contributed by atoms with van der Waals surface area (Å²) in [6, 6.07) is 4.06. The summed E-state index contributed by atoms with van der Waals surface area (Å²) >= 11 is 0. The molecule has 1 aromatic rings. The second kappa shape index (κ2) is 5.38. The van der Waals surface area contributed by atoms with Crippen molar-refractivity contribution in [1.82, 2.24) is 5.32 Å². The number of carbonyl (C=O) groups is 1. The number of hydrogen-bond donors (Lipinski definition) is 2. The number of para-hydroxylation sites is 1. The van der Waals surface area contributed by atoms with E-state index in [0.29, 0.717) is 0 Å². The van der Waals surface area contributed by atoms with Crippen molar-refractivity contribution in [3.63, 3.8) is 0 Å². The minimum atomic E-state index is -4.50. The van der Waals surface area contributed by atoms with E-state index in [9.17, 15) is 18.0 Å². The molecule has 0 saturated carbocycles. The number of hydrogen-bond acceptors (Lipinski definition) is 1. The highest BCUT2D eigenvalue weighted by molar-refractivity contribution is 5.90. The van der Waals surface area contributed by atoms with Crippen LogP contribution in [0.15, 0.2) is 36.5 Å². The van der Waals surface area contributed by atoms with Gasteiger partial charge in [0.05, 0.1) is 11.3 Å². The van der Waals surface area contributed by atoms with Crippen LogP contribution in [0.25, 0.3) is 0 Å². The van der Waals surface area contributed by atoms with E-state index >= 15 is 0 Å². The maximum absolute atomic E-state index is 12.6. The molecule has 0 aliphatic heterocycles. The fraction of sp³-hybridized carbons (Fsp3) is 0.182. The lowest BCUT2D eigenvalue weighted by atomic mass is 10.1. The Bertz CT molecular complexity index is 427. The molecule has 2 N–H and O–H groups in total. The number of halogens is 3. The van der Waals surface area contributed by atoms with Crippen LogP contribution in [0.2, 0.25) is 0 Å². The zero-order valence-electron chi connectivity index (χ0n) is 9.01. The van der Waals surface area contributed by atoms with Crippen molar-refractivity contribution in [1.29, 1.82) is 0 Å². The van der Waals surface area contributed by atoms with Gasteiger partial charge >= 0.3 is 12.2 Å². The first kappa shape index (κ1) is 13.1. The third-order valence-electron chi connectivity index (χ3n) is 1.86. The van der Waals surface area contributed by atoms with Gasteiger partial charge in [0, 0.05) is 6.20 Å². The summed E-state index contributed by atoms with van der Waals surface area (Å²) < 4.78 is 37.7. The van der Waals surface area contributed by atoms with Crippen LogP contribution >= 0.6 is 0 Å². The van der Waals surface area contributed by atoms with Crippen LogP contribution in [0.4, 0.5) is 23.7 Å². The first-order valence-electron chi connectivity index (χ1n) is 4.80. The fourth-order valence-electron chi connectivity index (χ4n) is 1.16. The van der Waals surface area contributed by atoms with Gasteiger partial charge in [0.1, 0.15) is 0 Å². The van der Waals surface area contributed by atoms with E-state index in [-0.39, 0.29) is 5.69 Å². The number of rotatable bonds is 2. The maximum Gasteiger partial charge on any atom is 0.418 e. The van der Waals surface area contributed by atoms with Gasteiger partial charge in [0.2, 0.25) is 0 Å². The van der Waals surface area contributed by atoms with E-state index in [1.165, 1.54) is 24.4 Å². The number of urea groups is 1. The fourth-order valence-corrected chi connectivity index (χ4v) is 1.16. The van der Waals surface area contributed by atoms with Crippen molar-refractivity contribution < 1.29 is 18.0 Å². The van der Waals surface area contributed by atoms with E-state index in [0.717, 1.165) is 6.07 Å². The van der Waals surface area contributed by atoms with Crippen molar-refractivity contribution in [3.8, 4) is 0 Å². The summed E-state index contributed by atoms with van der Waals surface area (Å²) in [4.78, 5) is 11.2. The van der Waals surface area contributed by atoms with E-state index in [1.807, 2.05) is 0 Å². The Morgan fingerprint density at radius 2 is 1.94 bits per heavy atom. The van der Waals surface area contributed by atoms with Crippen molar-refractivity contribution in [3.05, 3.63) is 42.1 Å². The van der Waals surface area contributed by atoms with Gasteiger partial charge in [-0.05, 0) is 19.1 Å². The quantitative estimate of drug-likeness (QED) is 0.822. The highest BCUT2D eigenvalue weighted by Gasteiger charge is 2.33. The molecule has 0 aliphatic carbocycles. The molecule has 0 heterocycles. The average molecular weight is 244 g/mol. The highest BCUT2D eigenvalue weighted by atomic mass is 19.4. The van der Waals surface area contributed by atoms with E-state index in [1.54, 1.807) is 13.0 Å². The van der Waals surface area contributed by atoms with E-state index in [2.05, 4.69) is 10.6 Å². The molecule has 1 rings (SSSR count). The number of allylic oxidation sites excluding steroid dienone is 1. The lowest BCUT2D eigenvalue weighted by molar-refractivity contribution is -0.136. The van der Waals surface area contributed by atoms with Gasteiger partial charge in [0.25, 0.3) is 0 Å². The summed E-state index contributed by atoms with van der Waals surface area (Å²) in [5.74, 6) is 0. The Morgan fingerprint density at radius 1 is 1.29 bits per heavy atom. The molecule has 0 radical (unpaired) electrons. The van der Waals surface area contributed by atoms with Crippen LogP contribution in [0.1, 0.15) is 12.5 Å². The predicted octanol–water partition coefficient (Wildman–Crippen LogP) is 3.36. The van der Waals surface area contributed by atoms with Crippen molar-refractivity contribution in [2.75, 3.05) is 5.32 Å². The van der Waals surface area contributed by atoms with Gasteiger partial charge in [-0.1, -0.05) is 18.2 Å². The van der Waals surface area contributed by atoms with Crippen LogP contribution in [0, 0.1) is 0 Å². The molecule has 1 aromatic carbocycles. The average Bonchev–Trinajstić information content (AvgIpc) is 2.25. The predicted molar refractivity (Wildman–Crippen MR) is 58.4 cm³/mol. The lowest BCUT2D eigenvalue weighted by Crippen LogP contribution is -2.25. The first-order valence-corrected chi connectivity index (χ1v) is 4.80. The normalized spacial score (nSPS) is 11.5. The molecule has 92 valence electrons. The third kappa shape index (κ3) is 3.82. The molecule has 17 heavy (non-hydrogen) atoms. The maximum atomic E-state index is 12.6. The molecule has 0 bridgehead atoms. The van der Waals surface area contributed by atoms with Gasteiger partial charge in [-0.25, -0.2) is 4.79 Å². The number of nitrogens with one attached hydrogen (secondary N) is 2. The number of alkyl halides is 3. The Labute approximate surface area is 96.3 Å². The zero-order valence-corrected chi connectivity index (χ0v) is 9.01. The SMILES string of the molecule is C/C=C/NC(=O)Nc1ccccc1C(F)(F)F. The van der Waals surface area contributed by atoms with Gasteiger partial charge in [-0.15, -0.1) is 0 Å². The molecule has 2 amide bonds. The van der Waals surface area contributed by atoms with Crippen LogP contribution in [0.3, 0.4) is 0 Å². The summed E-state index contributed by atoms with van der Waals surface area (Å²) in [6.45, 7) is 1.67. The van der Waals surface area contributed by atoms with Gasteiger partial charge in [0.15, 0.2) is 0 Å². The van der Waals surface area contributed by atoms with Gasteiger partial charge < -0.3 is 10.6 Å². The lowest BCUT2D eigenvalue weighted by Gasteiger charge is -2.13. The molecule has 0 aliphatic rings. The topological polar surface area (TPSA) is 41.1 Å². The van der Waals surface area contributed by atoms with Crippen molar-refractivity contribution in [2.24, 2.45) is 0 Å². The second-order valence-electron chi connectivity index (χ2n) is 3.14. The number of carbonyl (C=O) groups excluding carboxylic acids is 1. The summed E-state index contributed by atoms with van der Waals surface area (Å²) in [6.07, 6.45) is -1.62. The number of benzene rings is 1. The summed E-state index contributed by atoms with van der Waals surface area (Å²) in [5.41, 5.74) is -1.15. The molecule has 0 atom stereocenters. The molecule has 0 unspecified atom stereocenters. The minimum absolute atomic E-state index is 0.276. The Morgan fingerprint density at radius 3 is 2.53 bits per heavy atom.